The number of aliphatic carboxylic acids is 1. The van der Waals surface area contributed by atoms with E-state index < -0.39 is 24.2 Å². The summed E-state index contributed by atoms with van der Waals surface area (Å²) in [5, 5.41) is 14.7. The molecule has 8 nitrogen and oxygen atoms in total. The predicted octanol–water partition coefficient (Wildman–Crippen LogP) is 3.83. The highest BCUT2D eigenvalue weighted by Gasteiger charge is 2.35. The Bertz CT molecular complexity index is 1010. The molecule has 1 fully saturated rings. The summed E-state index contributed by atoms with van der Waals surface area (Å²) in [4.78, 5) is 35.3. The third-order valence-electron chi connectivity index (χ3n) is 6.63. The summed E-state index contributed by atoms with van der Waals surface area (Å²) < 4.78 is 10.7. The Hall–Kier alpha value is -3.39. The van der Waals surface area contributed by atoms with Gasteiger partial charge in [0.25, 0.3) is 0 Å². The average molecular weight is 481 g/mol. The van der Waals surface area contributed by atoms with Crippen LogP contribution in [0.15, 0.2) is 48.5 Å². The number of nitrogens with one attached hydrogen (secondary N) is 2. The topological polar surface area (TPSA) is 114 Å². The Balaban J connectivity index is 1.09. The van der Waals surface area contributed by atoms with Gasteiger partial charge >= 0.3 is 12.1 Å². The highest BCUT2D eigenvalue weighted by atomic mass is 16.5. The molecule has 0 spiro atoms. The molecule has 0 bridgehead atoms. The van der Waals surface area contributed by atoms with Gasteiger partial charge in [0.2, 0.25) is 5.91 Å². The van der Waals surface area contributed by atoms with Gasteiger partial charge in [-0.05, 0) is 41.5 Å². The lowest BCUT2D eigenvalue weighted by atomic mass is 9.98. The van der Waals surface area contributed by atoms with E-state index in [0.717, 1.165) is 19.3 Å². The van der Waals surface area contributed by atoms with Gasteiger partial charge in [0, 0.05) is 25.5 Å². The van der Waals surface area contributed by atoms with Crippen LogP contribution >= 0.6 is 0 Å². The van der Waals surface area contributed by atoms with Gasteiger partial charge in [0.15, 0.2) is 6.10 Å². The number of carboxylic acids is 1. The molecule has 2 aromatic rings. The summed E-state index contributed by atoms with van der Waals surface area (Å²) in [6.07, 6.45) is 2.73. The quantitative estimate of drug-likeness (QED) is 0.421. The van der Waals surface area contributed by atoms with Crippen molar-refractivity contribution in [3.8, 4) is 11.1 Å². The number of alkyl carbamates (subject to hydrolysis) is 1. The van der Waals surface area contributed by atoms with Gasteiger partial charge in [-0.1, -0.05) is 61.4 Å². The third-order valence-corrected chi connectivity index (χ3v) is 6.63. The van der Waals surface area contributed by atoms with Crippen molar-refractivity contribution in [1.82, 2.24) is 10.6 Å². The summed E-state index contributed by atoms with van der Waals surface area (Å²) in [5.74, 6) is -1.15. The third kappa shape index (κ3) is 6.19. The minimum atomic E-state index is -1.04. The fourth-order valence-electron chi connectivity index (χ4n) is 4.86. The summed E-state index contributed by atoms with van der Waals surface area (Å²) in [6, 6.07) is 16.0. The molecule has 2 aromatic carbocycles. The normalized spacial score (nSPS) is 18.5. The molecule has 186 valence electrons. The smallest absolute Gasteiger partial charge is 0.407 e. The maximum atomic E-state index is 12.2. The fourth-order valence-corrected chi connectivity index (χ4v) is 4.86. The second-order valence-electron chi connectivity index (χ2n) is 9.01. The van der Waals surface area contributed by atoms with Crippen molar-refractivity contribution in [3.05, 3.63) is 59.7 Å². The molecular formula is C27H32N2O6. The molecule has 35 heavy (non-hydrogen) atoms. The molecule has 2 amide bonds. The number of amides is 2. The van der Waals surface area contributed by atoms with Crippen LogP contribution in [-0.4, -0.2) is 55.0 Å². The molecule has 1 aliphatic carbocycles. The molecule has 1 saturated heterocycles. The first-order valence-corrected chi connectivity index (χ1v) is 12.3. The number of benzene rings is 2. The largest absolute Gasteiger partial charge is 0.479 e. The number of carbonyl (C=O) groups is 3. The average Bonchev–Trinajstić information content (AvgIpc) is 3.45. The van der Waals surface area contributed by atoms with Gasteiger partial charge in [-0.15, -0.1) is 0 Å². The predicted molar refractivity (Wildman–Crippen MR) is 130 cm³/mol. The van der Waals surface area contributed by atoms with E-state index in [0.29, 0.717) is 39.0 Å². The second kappa shape index (κ2) is 11.8. The van der Waals surface area contributed by atoms with Gasteiger partial charge in [-0.3, -0.25) is 4.79 Å². The number of hydrogen-bond donors (Lipinski definition) is 3. The number of fused-ring (bicyclic) bond motifs is 3. The van der Waals surface area contributed by atoms with Gasteiger partial charge in [-0.25, -0.2) is 9.59 Å². The number of unbranched alkanes of at least 4 members (excludes halogenated alkanes) is 3. The first kappa shape index (κ1) is 24.7. The zero-order valence-corrected chi connectivity index (χ0v) is 19.7. The van der Waals surface area contributed by atoms with Crippen molar-refractivity contribution in [3.63, 3.8) is 0 Å². The van der Waals surface area contributed by atoms with Crippen LogP contribution in [0.1, 0.15) is 55.6 Å². The number of hydrogen-bond acceptors (Lipinski definition) is 5. The van der Waals surface area contributed by atoms with Crippen molar-refractivity contribution in [2.75, 3.05) is 19.8 Å². The van der Waals surface area contributed by atoms with Crippen LogP contribution in [0.3, 0.4) is 0 Å². The van der Waals surface area contributed by atoms with Crippen LogP contribution in [0.2, 0.25) is 0 Å². The van der Waals surface area contributed by atoms with Crippen molar-refractivity contribution in [1.29, 1.82) is 0 Å². The van der Waals surface area contributed by atoms with Crippen LogP contribution < -0.4 is 10.6 Å². The van der Waals surface area contributed by atoms with E-state index >= 15 is 0 Å². The van der Waals surface area contributed by atoms with E-state index in [9.17, 15) is 14.4 Å². The molecular weight excluding hydrogens is 448 g/mol. The summed E-state index contributed by atoms with van der Waals surface area (Å²) in [5.41, 5.74) is 4.77. The molecule has 1 heterocycles. The summed E-state index contributed by atoms with van der Waals surface area (Å²) in [6.45, 7) is 1.16. The Morgan fingerprint density at radius 2 is 1.60 bits per heavy atom. The Morgan fingerprint density at radius 3 is 2.29 bits per heavy atom. The fraction of sp³-hybridized carbons (Fsp3) is 0.444. The number of ether oxygens (including phenoxy) is 2. The zero-order chi connectivity index (χ0) is 24.6. The van der Waals surface area contributed by atoms with Crippen molar-refractivity contribution < 1.29 is 29.0 Å². The van der Waals surface area contributed by atoms with E-state index in [1.54, 1.807) is 0 Å². The summed E-state index contributed by atoms with van der Waals surface area (Å²) >= 11 is 0. The first-order valence-electron chi connectivity index (χ1n) is 12.3. The van der Waals surface area contributed by atoms with Crippen molar-refractivity contribution in [2.24, 2.45) is 0 Å². The molecule has 0 unspecified atom stereocenters. The zero-order valence-electron chi connectivity index (χ0n) is 19.7. The lowest BCUT2D eigenvalue weighted by Gasteiger charge is -2.16. The Morgan fingerprint density at radius 1 is 0.943 bits per heavy atom. The van der Waals surface area contributed by atoms with Crippen molar-refractivity contribution >= 4 is 18.0 Å². The monoisotopic (exact) mass is 480 g/mol. The molecule has 8 heteroatoms. The SMILES string of the molecule is O=C(CCCCCCNC(=O)OCC1c2ccccc2-c2ccccc21)N[C@H]1CCO[C@H]1C(=O)O. The van der Waals surface area contributed by atoms with E-state index in [2.05, 4.69) is 34.9 Å². The van der Waals surface area contributed by atoms with Gasteiger partial charge in [0.1, 0.15) is 6.61 Å². The van der Waals surface area contributed by atoms with E-state index in [1.165, 1.54) is 22.3 Å². The van der Waals surface area contributed by atoms with Gasteiger partial charge in [0.05, 0.1) is 6.04 Å². The standard InChI is InChI=1S/C27H32N2O6/c30-24(29-23-14-16-34-25(23)26(31)32)13-3-1-2-8-15-28-27(33)35-17-22-20-11-6-4-9-18(20)19-10-5-7-12-21(19)22/h4-7,9-12,22-23,25H,1-3,8,13-17H2,(H,28,33)(H,29,30)(H,31,32)/t23-,25+/m0/s1. The molecule has 1 aliphatic heterocycles. The van der Waals surface area contributed by atoms with E-state index in [1.807, 2.05) is 24.3 Å². The maximum absolute atomic E-state index is 12.2. The molecule has 4 rings (SSSR count). The minimum absolute atomic E-state index is 0.0425. The molecule has 3 N–H and O–H groups in total. The van der Waals surface area contributed by atoms with Crippen LogP contribution in [-0.2, 0) is 19.1 Å². The Labute approximate surface area is 205 Å². The van der Waals surface area contributed by atoms with Crippen LogP contribution in [0.25, 0.3) is 11.1 Å². The second-order valence-corrected chi connectivity index (χ2v) is 9.01. The van der Waals surface area contributed by atoms with Crippen LogP contribution in [0.5, 0.6) is 0 Å². The van der Waals surface area contributed by atoms with Gasteiger partial charge in [-0.2, -0.15) is 0 Å². The highest BCUT2D eigenvalue weighted by molar-refractivity contribution is 5.80. The lowest BCUT2D eigenvalue weighted by Crippen LogP contribution is -2.43. The Kier molecular flexibility index (Phi) is 8.36. The summed E-state index contributed by atoms with van der Waals surface area (Å²) in [7, 11) is 0. The number of carbonyl (C=O) groups excluding carboxylic acids is 2. The molecule has 0 saturated carbocycles. The van der Waals surface area contributed by atoms with Crippen LogP contribution in [0, 0.1) is 0 Å². The number of carboxylic acid groups (broad SMARTS) is 1. The molecule has 2 aliphatic rings. The number of rotatable bonds is 11. The van der Waals surface area contributed by atoms with Gasteiger partial charge < -0.3 is 25.2 Å². The van der Waals surface area contributed by atoms with E-state index in [-0.39, 0.29) is 11.8 Å². The molecule has 0 aromatic heterocycles. The molecule has 2 atom stereocenters. The first-order chi connectivity index (χ1) is 17.0. The maximum Gasteiger partial charge on any atom is 0.407 e. The van der Waals surface area contributed by atoms with E-state index in [4.69, 9.17) is 14.6 Å². The highest BCUT2D eigenvalue weighted by Crippen LogP contribution is 2.44. The molecule has 0 radical (unpaired) electrons. The minimum Gasteiger partial charge on any atom is -0.479 e. The lowest BCUT2D eigenvalue weighted by molar-refractivity contribution is -0.148. The van der Waals surface area contributed by atoms with Crippen LogP contribution in [0.4, 0.5) is 4.79 Å². The van der Waals surface area contributed by atoms with Crippen molar-refractivity contribution in [2.45, 2.75) is 56.6 Å².